The summed E-state index contributed by atoms with van der Waals surface area (Å²) < 4.78 is 0. The fraction of sp³-hybridized carbons (Fsp3) is 0.111. The molecule has 1 aromatic carbocycles. The molecule has 0 atom stereocenters. The maximum atomic E-state index is 5.47. The molecule has 0 aliphatic carbocycles. The third-order valence-electron chi connectivity index (χ3n) is 1.91. The molecule has 0 saturated carbocycles. The van der Waals surface area contributed by atoms with Crippen LogP contribution in [0.4, 0.5) is 0 Å². The smallest absolute Gasteiger partial charge is 0.204 e. The molecule has 76 valence electrons. The highest BCUT2D eigenvalue weighted by molar-refractivity contribution is 7.80. The molecule has 1 aromatic heterocycles. The molecular weight excluding hydrogens is 210 g/mol. The Kier molecular flexibility index (Phi) is 2.68. The predicted molar refractivity (Wildman–Crippen MR) is 60.1 cm³/mol. The summed E-state index contributed by atoms with van der Waals surface area (Å²) >= 11 is 4.85. The molecule has 0 aliphatic heterocycles. The van der Waals surface area contributed by atoms with Gasteiger partial charge in [-0.25, -0.2) is 0 Å². The molecule has 0 unspecified atom stereocenters. The Hall–Kier alpha value is -1.82. The van der Waals surface area contributed by atoms with Gasteiger partial charge in [-0.05, 0) is 16.8 Å². The zero-order valence-corrected chi connectivity index (χ0v) is 8.66. The van der Waals surface area contributed by atoms with Crippen LogP contribution in [0.25, 0.3) is 11.4 Å². The van der Waals surface area contributed by atoms with E-state index in [0.717, 1.165) is 11.1 Å². The highest BCUT2D eigenvalue weighted by Crippen LogP contribution is 2.15. The first-order valence-electron chi connectivity index (χ1n) is 4.37. The fourth-order valence-corrected chi connectivity index (χ4v) is 1.47. The molecule has 5 nitrogen and oxygen atoms in total. The topological polar surface area (TPSA) is 80.5 Å². The highest BCUT2D eigenvalue weighted by atomic mass is 32.1. The molecule has 0 amide bonds. The zero-order valence-electron chi connectivity index (χ0n) is 7.84. The summed E-state index contributed by atoms with van der Waals surface area (Å²) in [5.41, 5.74) is 7.42. The molecular formula is C9H9N5S. The summed E-state index contributed by atoms with van der Waals surface area (Å²) in [7, 11) is 0. The van der Waals surface area contributed by atoms with Crippen LogP contribution in [0.1, 0.15) is 5.56 Å². The molecule has 0 aliphatic rings. The Morgan fingerprint density at radius 2 is 2.33 bits per heavy atom. The Morgan fingerprint density at radius 3 is 3.00 bits per heavy atom. The molecule has 6 heteroatoms. The molecule has 1 heterocycles. The van der Waals surface area contributed by atoms with Crippen LogP contribution in [0.15, 0.2) is 24.3 Å². The molecule has 0 spiro atoms. The molecule has 0 fully saturated rings. The van der Waals surface area contributed by atoms with E-state index in [1.54, 1.807) is 0 Å². The fourth-order valence-electron chi connectivity index (χ4n) is 1.31. The van der Waals surface area contributed by atoms with Gasteiger partial charge in [-0.15, -0.1) is 10.2 Å². The van der Waals surface area contributed by atoms with Gasteiger partial charge in [0.25, 0.3) is 0 Å². The second-order valence-electron chi connectivity index (χ2n) is 3.08. The second kappa shape index (κ2) is 4.14. The van der Waals surface area contributed by atoms with Gasteiger partial charge in [0.1, 0.15) is 0 Å². The van der Waals surface area contributed by atoms with Crippen LogP contribution in [0, 0.1) is 0 Å². The minimum atomic E-state index is 0.472. The van der Waals surface area contributed by atoms with E-state index in [-0.39, 0.29) is 0 Å². The average molecular weight is 219 g/mol. The number of thiocarbonyl (C=S) groups is 1. The lowest BCUT2D eigenvalue weighted by Crippen LogP contribution is -2.10. The number of nitrogens with two attached hydrogens (primary N) is 1. The van der Waals surface area contributed by atoms with E-state index in [1.165, 1.54) is 0 Å². The van der Waals surface area contributed by atoms with Gasteiger partial charge in [-0.3, -0.25) is 0 Å². The molecule has 15 heavy (non-hydrogen) atoms. The van der Waals surface area contributed by atoms with Crippen molar-refractivity contribution in [3.8, 4) is 11.4 Å². The van der Waals surface area contributed by atoms with Crippen molar-refractivity contribution in [3.63, 3.8) is 0 Å². The minimum absolute atomic E-state index is 0.472. The number of nitrogens with one attached hydrogen (secondary N) is 1. The average Bonchev–Trinajstić information content (AvgIpc) is 2.69. The largest absolute Gasteiger partial charge is 0.393 e. The first-order chi connectivity index (χ1) is 7.25. The zero-order chi connectivity index (χ0) is 10.7. The summed E-state index contributed by atoms with van der Waals surface area (Å²) in [6.45, 7) is 0. The van der Waals surface area contributed by atoms with Crippen molar-refractivity contribution in [1.82, 2.24) is 20.6 Å². The number of aromatic amines is 1. The molecule has 0 saturated heterocycles. The van der Waals surface area contributed by atoms with Crippen LogP contribution in [0.2, 0.25) is 0 Å². The van der Waals surface area contributed by atoms with Crippen LogP contribution in [0.3, 0.4) is 0 Å². The van der Waals surface area contributed by atoms with Gasteiger partial charge >= 0.3 is 0 Å². The van der Waals surface area contributed by atoms with Gasteiger partial charge in [0.15, 0.2) is 0 Å². The number of hydrogen-bond acceptors (Lipinski definition) is 4. The van der Waals surface area contributed by atoms with Crippen LogP contribution in [0.5, 0.6) is 0 Å². The molecule has 0 bridgehead atoms. The number of aromatic nitrogens is 4. The highest BCUT2D eigenvalue weighted by Gasteiger charge is 2.03. The SMILES string of the molecule is NC(=S)Cc1cccc(-c2nn[nH]n2)c1. The van der Waals surface area contributed by atoms with Gasteiger partial charge in [0.2, 0.25) is 5.82 Å². The van der Waals surface area contributed by atoms with Crippen LogP contribution >= 0.6 is 12.2 Å². The quantitative estimate of drug-likeness (QED) is 0.742. The van der Waals surface area contributed by atoms with Crippen molar-refractivity contribution in [3.05, 3.63) is 29.8 Å². The number of tetrazole rings is 1. The van der Waals surface area contributed by atoms with Crippen molar-refractivity contribution in [2.24, 2.45) is 5.73 Å². The number of H-pyrrole nitrogens is 1. The summed E-state index contributed by atoms with van der Waals surface area (Å²) in [4.78, 5) is 0.472. The van der Waals surface area contributed by atoms with E-state index in [4.69, 9.17) is 18.0 Å². The third kappa shape index (κ3) is 2.35. The Labute approximate surface area is 91.7 Å². The first-order valence-corrected chi connectivity index (χ1v) is 4.77. The van der Waals surface area contributed by atoms with Crippen molar-refractivity contribution >= 4 is 17.2 Å². The molecule has 0 radical (unpaired) electrons. The first kappa shape index (κ1) is 9.72. The summed E-state index contributed by atoms with van der Waals surface area (Å²) in [5.74, 6) is 0.569. The minimum Gasteiger partial charge on any atom is -0.393 e. The van der Waals surface area contributed by atoms with E-state index < -0.39 is 0 Å². The van der Waals surface area contributed by atoms with Crippen LogP contribution < -0.4 is 5.73 Å². The molecule has 2 rings (SSSR count). The molecule has 2 aromatic rings. The van der Waals surface area contributed by atoms with Crippen molar-refractivity contribution in [2.75, 3.05) is 0 Å². The van der Waals surface area contributed by atoms with E-state index in [9.17, 15) is 0 Å². The standard InChI is InChI=1S/C9H9N5S/c10-8(15)5-6-2-1-3-7(4-6)9-11-13-14-12-9/h1-4H,5H2,(H2,10,15)(H,11,12,13,14). The maximum Gasteiger partial charge on any atom is 0.204 e. The Balaban J connectivity index is 2.31. The van der Waals surface area contributed by atoms with Gasteiger partial charge in [0, 0.05) is 12.0 Å². The van der Waals surface area contributed by atoms with Gasteiger partial charge in [0.05, 0.1) is 4.99 Å². The number of hydrogen-bond donors (Lipinski definition) is 2. The lowest BCUT2D eigenvalue weighted by Gasteiger charge is -2.00. The number of benzene rings is 1. The van der Waals surface area contributed by atoms with Crippen LogP contribution in [-0.4, -0.2) is 25.6 Å². The summed E-state index contributed by atoms with van der Waals surface area (Å²) in [6.07, 6.45) is 0.584. The number of nitrogens with zero attached hydrogens (tertiary/aromatic N) is 3. The normalized spacial score (nSPS) is 10.1. The van der Waals surface area contributed by atoms with Gasteiger partial charge in [-0.1, -0.05) is 30.4 Å². The van der Waals surface area contributed by atoms with E-state index in [1.807, 2.05) is 24.3 Å². The maximum absolute atomic E-state index is 5.47. The van der Waals surface area contributed by atoms with Gasteiger partial charge < -0.3 is 5.73 Å². The molecule has 3 N–H and O–H groups in total. The van der Waals surface area contributed by atoms with E-state index >= 15 is 0 Å². The lowest BCUT2D eigenvalue weighted by molar-refractivity contribution is 0.881. The Morgan fingerprint density at radius 1 is 1.47 bits per heavy atom. The van der Waals surface area contributed by atoms with Crippen LogP contribution in [-0.2, 0) is 6.42 Å². The monoisotopic (exact) mass is 219 g/mol. The van der Waals surface area contributed by atoms with Gasteiger partial charge in [-0.2, -0.15) is 5.21 Å². The van der Waals surface area contributed by atoms with E-state index in [2.05, 4.69) is 20.6 Å². The summed E-state index contributed by atoms with van der Waals surface area (Å²) in [6, 6.07) is 7.74. The Bertz CT molecular complexity index is 465. The summed E-state index contributed by atoms with van der Waals surface area (Å²) in [5, 5.41) is 13.7. The van der Waals surface area contributed by atoms with E-state index in [0.29, 0.717) is 17.2 Å². The number of rotatable bonds is 3. The van der Waals surface area contributed by atoms with Crippen molar-refractivity contribution in [2.45, 2.75) is 6.42 Å². The predicted octanol–water partition coefficient (Wildman–Crippen LogP) is 0.695. The lowest BCUT2D eigenvalue weighted by atomic mass is 10.1. The van der Waals surface area contributed by atoms with Crippen molar-refractivity contribution in [1.29, 1.82) is 0 Å². The second-order valence-corrected chi connectivity index (χ2v) is 3.60. The van der Waals surface area contributed by atoms with Crippen molar-refractivity contribution < 1.29 is 0 Å². The third-order valence-corrected chi connectivity index (χ3v) is 2.05.